The summed E-state index contributed by atoms with van der Waals surface area (Å²) in [5.74, 6) is 0.943. The Hall–Kier alpha value is -4.15. The van der Waals surface area contributed by atoms with Crippen LogP contribution in [0.15, 0.2) is 78.9 Å². The van der Waals surface area contributed by atoms with Crippen LogP contribution in [0.1, 0.15) is 35.8 Å². The topological polar surface area (TPSA) is 96.8 Å². The van der Waals surface area contributed by atoms with Gasteiger partial charge >= 0.3 is 6.03 Å². The first-order chi connectivity index (χ1) is 17.2. The molecule has 3 N–H and O–H groups in total. The number of nitriles is 1. The zero-order valence-electron chi connectivity index (χ0n) is 19.4. The fourth-order valence-corrected chi connectivity index (χ4v) is 4.73. The van der Waals surface area contributed by atoms with Crippen molar-refractivity contribution in [2.75, 3.05) is 18.4 Å². The molecule has 7 nitrogen and oxygen atoms in total. The third-order valence-corrected chi connectivity index (χ3v) is 6.57. The molecule has 5 rings (SSSR count). The van der Waals surface area contributed by atoms with Gasteiger partial charge in [0.15, 0.2) is 0 Å². The number of aromatic amines is 1. The van der Waals surface area contributed by atoms with Gasteiger partial charge in [-0.1, -0.05) is 42.5 Å². The van der Waals surface area contributed by atoms with Crippen molar-refractivity contribution in [3.63, 3.8) is 0 Å². The lowest BCUT2D eigenvalue weighted by Crippen LogP contribution is -2.48. The van der Waals surface area contributed by atoms with Gasteiger partial charge < -0.3 is 15.6 Å². The first kappa shape index (κ1) is 22.6. The summed E-state index contributed by atoms with van der Waals surface area (Å²) in [6.45, 7) is 1.80. The highest BCUT2D eigenvalue weighted by molar-refractivity contribution is 5.89. The van der Waals surface area contributed by atoms with Crippen LogP contribution in [0, 0.1) is 11.3 Å². The van der Waals surface area contributed by atoms with E-state index in [0.717, 1.165) is 49.2 Å². The van der Waals surface area contributed by atoms with Crippen LogP contribution in [0.4, 0.5) is 10.5 Å². The molecule has 0 radical (unpaired) electrons. The van der Waals surface area contributed by atoms with E-state index in [0.29, 0.717) is 11.3 Å². The number of hydrogen-bond donors (Lipinski definition) is 3. The smallest absolute Gasteiger partial charge is 0.319 e. The number of hydrogen-bond acceptors (Lipinski definition) is 4. The van der Waals surface area contributed by atoms with Crippen LogP contribution >= 0.6 is 0 Å². The molecule has 1 saturated heterocycles. The van der Waals surface area contributed by atoms with Gasteiger partial charge in [-0.2, -0.15) is 5.26 Å². The maximum atomic E-state index is 12.7. The number of amides is 2. The molecule has 4 aromatic rings. The van der Waals surface area contributed by atoms with Crippen LogP contribution in [0.3, 0.4) is 0 Å². The highest BCUT2D eigenvalue weighted by atomic mass is 16.2. The van der Waals surface area contributed by atoms with E-state index in [4.69, 9.17) is 10.2 Å². The number of anilines is 1. The number of carbonyl (C=O) groups excluding carboxylic acids is 1. The summed E-state index contributed by atoms with van der Waals surface area (Å²) in [6, 6.07) is 27.4. The number of benzene rings is 3. The van der Waals surface area contributed by atoms with Crippen molar-refractivity contribution in [1.29, 1.82) is 5.26 Å². The Morgan fingerprint density at radius 1 is 1.06 bits per heavy atom. The monoisotopic (exact) mass is 464 g/mol. The van der Waals surface area contributed by atoms with E-state index in [1.807, 2.05) is 30.3 Å². The van der Waals surface area contributed by atoms with Crippen molar-refractivity contribution in [2.45, 2.75) is 31.3 Å². The zero-order valence-corrected chi connectivity index (χ0v) is 19.4. The molecular weight excluding hydrogens is 436 g/mol. The van der Waals surface area contributed by atoms with Crippen molar-refractivity contribution in [1.82, 2.24) is 20.2 Å². The molecule has 1 aliphatic heterocycles. The number of nitrogens with zero attached hydrogens (tertiary/aromatic N) is 3. The van der Waals surface area contributed by atoms with Gasteiger partial charge in [0.05, 0.1) is 28.7 Å². The normalized spacial score (nSPS) is 18.1. The van der Waals surface area contributed by atoms with Crippen LogP contribution in [-0.4, -0.2) is 40.0 Å². The molecular formula is C28H28N6O. The van der Waals surface area contributed by atoms with Crippen LogP contribution in [0.2, 0.25) is 0 Å². The largest absolute Gasteiger partial charge is 0.341 e. The molecule has 3 aromatic carbocycles. The van der Waals surface area contributed by atoms with E-state index in [2.05, 4.69) is 50.9 Å². The number of carbonyl (C=O) groups is 1. The Morgan fingerprint density at radius 3 is 2.60 bits per heavy atom. The number of aromatic nitrogens is 2. The van der Waals surface area contributed by atoms with Crippen LogP contribution < -0.4 is 10.6 Å². The average molecular weight is 465 g/mol. The maximum Gasteiger partial charge on any atom is 0.319 e. The molecule has 176 valence electrons. The third-order valence-electron chi connectivity index (χ3n) is 6.57. The highest BCUT2D eigenvalue weighted by Crippen LogP contribution is 2.31. The van der Waals surface area contributed by atoms with E-state index >= 15 is 0 Å². The van der Waals surface area contributed by atoms with Gasteiger partial charge in [0.25, 0.3) is 0 Å². The number of piperidine rings is 1. The summed E-state index contributed by atoms with van der Waals surface area (Å²) in [7, 11) is 0. The van der Waals surface area contributed by atoms with Crippen LogP contribution in [-0.2, 0) is 6.42 Å². The minimum atomic E-state index is -0.235. The second-order valence-electron chi connectivity index (χ2n) is 8.94. The molecule has 0 unspecified atom stereocenters. The number of rotatable bonds is 6. The molecule has 1 aromatic heterocycles. The lowest BCUT2D eigenvalue weighted by atomic mass is 9.96. The standard InChI is InChI=1S/C28H28N6O/c29-19-21-10-12-22(13-11-21)30-28(35)31-23-15-17-34(16-14-20-6-2-1-3-7-20)26(18-23)27-32-24-8-4-5-9-25(24)33-27/h1-13,23,26H,14-18H2,(H,32,33)(H2,30,31,35)/t23-,26-/m1/s1. The number of H-pyrrole nitrogens is 1. The molecule has 0 bridgehead atoms. The van der Waals surface area contributed by atoms with Gasteiger partial charge in [-0.25, -0.2) is 9.78 Å². The average Bonchev–Trinajstić information content (AvgIpc) is 3.33. The predicted octanol–water partition coefficient (Wildman–Crippen LogP) is 5.00. The van der Waals surface area contributed by atoms with Gasteiger partial charge in [0.1, 0.15) is 5.82 Å². The lowest BCUT2D eigenvalue weighted by Gasteiger charge is -2.38. The molecule has 2 amide bonds. The van der Waals surface area contributed by atoms with Gasteiger partial charge in [0.2, 0.25) is 0 Å². The van der Waals surface area contributed by atoms with Gasteiger partial charge in [-0.05, 0) is 61.2 Å². The SMILES string of the molecule is N#Cc1ccc(NC(=O)N[C@@H]2CCN(CCc3ccccc3)[C@@H](c3nc4ccccc4[nH]3)C2)cc1. The summed E-state index contributed by atoms with van der Waals surface area (Å²) < 4.78 is 0. The molecule has 0 spiro atoms. The summed E-state index contributed by atoms with van der Waals surface area (Å²) in [4.78, 5) is 23.6. The first-order valence-electron chi connectivity index (χ1n) is 12.0. The Morgan fingerprint density at radius 2 is 1.83 bits per heavy atom. The summed E-state index contributed by atoms with van der Waals surface area (Å²) in [6.07, 6.45) is 2.61. The number of urea groups is 1. The Kier molecular flexibility index (Phi) is 6.73. The second-order valence-corrected chi connectivity index (χ2v) is 8.94. The van der Waals surface area contributed by atoms with Gasteiger partial charge in [0, 0.05) is 24.8 Å². The maximum absolute atomic E-state index is 12.7. The fraction of sp³-hybridized carbons (Fsp3) is 0.250. The van der Waals surface area contributed by atoms with Crippen molar-refractivity contribution in [3.05, 3.63) is 95.8 Å². The summed E-state index contributed by atoms with van der Waals surface area (Å²) >= 11 is 0. The minimum Gasteiger partial charge on any atom is -0.341 e. The molecule has 0 aliphatic carbocycles. The number of para-hydroxylation sites is 2. The zero-order chi connectivity index (χ0) is 24.0. The summed E-state index contributed by atoms with van der Waals surface area (Å²) in [5, 5.41) is 15.0. The van der Waals surface area contributed by atoms with Crippen LogP contribution in [0.25, 0.3) is 11.0 Å². The highest BCUT2D eigenvalue weighted by Gasteiger charge is 2.32. The molecule has 35 heavy (non-hydrogen) atoms. The van der Waals surface area contributed by atoms with Crippen molar-refractivity contribution in [2.24, 2.45) is 0 Å². The number of nitrogens with one attached hydrogen (secondary N) is 3. The van der Waals surface area contributed by atoms with E-state index in [1.54, 1.807) is 24.3 Å². The van der Waals surface area contributed by atoms with Crippen molar-refractivity contribution in [3.8, 4) is 6.07 Å². The number of imidazole rings is 1. The van der Waals surface area contributed by atoms with Crippen molar-refractivity contribution >= 4 is 22.8 Å². The third kappa shape index (κ3) is 5.51. The Labute approximate surface area is 204 Å². The van der Waals surface area contributed by atoms with E-state index < -0.39 is 0 Å². The van der Waals surface area contributed by atoms with E-state index in [1.165, 1.54) is 5.56 Å². The molecule has 1 fully saturated rings. The molecule has 7 heteroatoms. The quantitative estimate of drug-likeness (QED) is 0.374. The van der Waals surface area contributed by atoms with Crippen LogP contribution in [0.5, 0.6) is 0 Å². The molecule has 2 heterocycles. The molecule has 2 atom stereocenters. The fourth-order valence-electron chi connectivity index (χ4n) is 4.73. The van der Waals surface area contributed by atoms with Crippen molar-refractivity contribution < 1.29 is 4.79 Å². The molecule has 0 saturated carbocycles. The number of fused-ring (bicyclic) bond motifs is 1. The molecule has 1 aliphatic rings. The number of likely N-dealkylation sites (tertiary alicyclic amines) is 1. The second kappa shape index (κ2) is 10.4. The van der Waals surface area contributed by atoms with Gasteiger partial charge in [-0.15, -0.1) is 0 Å². The Bertz CT molecular complexity index is 1290. The van der Waals surface area contributed by atoms with E-state index in [-0.39, 0.29) is 18.1 Å². The minimum absolute atomic E-state index is 0.0274. The lowest BCUT2D eigenvalue weighted by molar-refractivity contribution is 0.123. The Balaban J connectivity index is 1.28. The first-order valence-corrected chi connectivity index (χ1v) is 12.0. The summed E-state index contributed by atoms with van der Waals surface area (Å²) in [5.41, 5.74) is 4.53. The predicted molar refractivity (Wildman–Crippen MR) is 137 cm³/mol. The van der Waals surface area contributed by atoms with E-state index in [9.17, 15) is 4.79 Å². The van der Waals surface area contributed by atoms with Gasteiger partial charge in [-0.3, -0.25) is 4.90 Å².